The maximum absolute atomic E-state index is 6.07. The SMILES string of the molecule is COCCn1c(Cc2ccccc2)nc2cc(Cl)ccc21. The molecule has 0 saturated heterocycles. The molecule has 0 bridgehead atoms. The smallest absolute Gasteiger partial charge is 0.114 e. The predicted octanol–water partition coefficient (Wildman–Crippen LogP) is 3.93. The van der Waals surface area contributed by atoms with E-state index in [1.807, 2.05) is 36.4 Å². The van der Waals surface area contributed by atoms with Crippen LogP contribution in [0.5, 0.6) is 0 Å². The van der Waals surface area contributed by atoms with Gasteiger partial charge in [0.05, 0.1) is 17.6 Å². The summed E-state index contributed by atoms with van der Waals surface area (Å²) in [6.07, 6.45) is 0.802. The first-order valence-electron chi connectivity index (χ1n) is 6.95. The Morgan fingerprint density at radius 1 is 1.14 bits per heavy atom. The van der Waals surface area contributed by atoms with Crippen molar-refractivity contribution in [2.75, 3.05) is 13.7 Å². The van der Waals surface area contributed by atoms with Crippen LogP contribution in [-0.2, 0) is 17.7 Å². The van der Waals surface area contributed by atoms with Crippen molar-refractivity contribution in [1.29, 1.82) is 0 Å². The van der Waals surface area contributed by atoms with Gasteiger partial charge in [-0.05, 0) is 23.8 Å². The zero-order chi connectivity index (χ0) is 14.7. The van der Waals surface area contributed by atoms with Gasteiger partial charge in [0.2, 0.25) is 0 Å². The molecule has 21 heavy (non-hydrogen) atoms. The summed E-state index contributed by atoms with van der Waals surface area (Å²) in [5, 5.41) is 0.713. The predicted molar refractivity (Wildman–Crippen MR) is 85.9 cm³/mol. The minimum Gasteiger partial charge on any atom is -0.383 e. The lowest BCUT2D eigenvalue weighted by Crippen LogP contribution is -2.08. The monoisotopic (exact) mass is 300 g/mol. The molecule has 0 atom stereocenters. The van der Waals surface area contributed by atoms with Gasteiger partial charge in [-0.3, -0.25) is 0 Å². The van der Waals surface area contributed by atoms with Gasteiger partial charge in [0.1, 0.15) is 5.82 Å². The van der Waals surface area contributed by atoms with Crippen LogP contribution < -0.4 is 0 Å². The van der Waals surface area contributed by atoms with Crippen LogP contribution in [0, 0.1) is 0 Å². The number of rotatable bonds is 5. The highest BCUT2D eigenvalue weighted by Gasteiger charge is 2.11. The third-order valence-corrected chi connectivity index (χ3v) is 3.75. The number of hydrogen-bond donors (Lipinski definition) is 0. The van der Waals surface area contributed by atoms with Crippen molar-refractivity contribution < 1.29 is 4.74 Å². The molecule has 3 nitrogen and oxygen atoms in total. The first-order chi connectivity index (χ1) is 10.3. The van der Waals surface area contributed by atoms with Crippen molar-refractivity contribution in [3.63, 3.8) is 0 Å². The summed E-state index contributed by atoms with van der Waals surface area (Å²) in [4.78, 5) is 4.74. The molecule has 0 aliphatic rings. The Morgan fingerprint density at radius 2 is 1.95 bits per heavy atom. The van der Waals surface area contributed by atoms with E-state index in [4.69, 9.17) is 21.3 Å². The van der Waals surface area contributed by atoms with Gasteiger partial charge in [0, 0.05) is 25.1 Å². The summed E-state index contributed by atoms with van der Waals surface area (Å²) >= 11 is 6.07. The van der Waals surface area contributed by atoms with Crippen molar-refractivity contribution >= 4 is 22.6 Å². The van der Waals surface area contributed by atoms with Crippen molar-refractivity contribution in [1.82, 2.24) is 9.55 Å². The molecule has 108 valence electrons. The third kappa shape index (κ3) is 3.09. The summed E-state index contributed by atoms with van der Waals surface area (Å²) in [6, 6.07) is 16.2. The summed E-state index contributed by atoms with van der Waals surface area (Å²) in [7, 11) is 1.72. The van der Waals surface area contributed by atoms with Crippen molar-refractivity contribution in [3.05, 3.63) is 64.9 Å². The van der Waals surface area contributed by atoms with Crippen LogP contribution in [0.3, 0.4) is 0 Å². The van der Waals surface area contributed by atoms with Crippen LogP contribution >= 0.6 is 11.6 Å². The molecule has 0 N–H and O–H groups in total. The molecule has 3 aromatic rings. The second-order valence-electron chi connectivity index (χ2n) is 4.97. The average molecular weight is 301 g/mol. The molecule has 0 radical (unpaired) electrons. The number of halogens is 1. The van der Waals surface area contributed by atoms with E-state index in [1.165, 1.54) is 5.56 Å². The lowest BCUT2D eigenvalue weighted by atomic mass is 10.1. The van der Waals surface area contributed by atoms with E-state index in [0.717, 1.165) is 29.8 Å². The van der Waals surface area contributed by atoms with Gasteiger partial charge < -0.3 is 9.30 Å². The van der Waals surface area contributed by atoms with Gasteiger partial charge in [0.25, 0.3) is 0 Å². The van der Waals surface area contributed by atoms with Gasteiger partial charge in [-0.2, -0.15) is 0 Å². The Kier molecular flexibility index (Phi) is 4.23. The molecule has 1 aromatic heterocycles. The average Bonchev–Trinajstić information content (AvgIpc) is 2.82. The molecule has 0 aliphatic carbocycles. The van der Waals surface area contributed by atoms with E-state index in [9.17, 15) is 0 Å². The minimum absolute atomic E-state index is 0.663. The zero-order valence-electron chi connectivity index (χ0n) is 11.9. The quantitative estimate of drug-likeness (QED) is 0.714. The molecular weight excluding hydrogens is 284 g/mol. The van der Waals surface area contributed by atoms with E-state index in [-0.39, 0.29) is 0 Å². The second kappa shape index (κ2) is 6.29. The molecule has 3 rings (SSSR count). The zero-order valence-corrected chi connectivity index (χ0v) is 12.7. The summed E-state index contributed by atoms with van der Waals surface area (Å²) in [6.45, 7) is 1.45. The molecule has 0 spiro atoms. The normalized spacial score (nSPS) is 11.1. The van der Waals surface area contributed by atoms with Gasteiger partial charge in [-0.25, -0.2) is 4.98 Å². The Hall–Kier alpha value is -1.84. The van der Waals surface area contributed by atoms with E-state index >= 15 is 0 Å². The molecule has 1 heterocycles. The maximum atomic E-state index is 6.07. The van der Waals surface area contributed by atoms with Crippen LogP contribution in [0.25, 0.3) is 11.0 Å². The van der Waals surface area contributed by atoms with Gasteiger partial charge >= 0.3 is 0 Å². The highest BCUT2D eigenvalue weighted by molar-refractivity contribution is 6.31. The maximum Gasteiger partial charge on any atom is 0.114 e. The Bertz CT molecular complexity index is 737. The van der Waals surface area contributed by atoms with Crippen LogP contribution in [0.1, 0.15) is 11.4 Å². The standard InChI is InChI=1S/C17H17ClN2O/c1-21-10-9-20-16-8-7-14(18)12-15(16)19-17(20)11-13-5-3-2-4-6-13/h2-8,12H,9-11H2,1H3. The molecule has 0 saturated carbocycles. The molecular formula is C17H17ClN2O. The lowest BCUT2D eigenvalue weighted by Gasteiger charge is -2.08. The van der Waals surface area contributed by atoms with Crippen molar-refractivity contribution in [2.24, 2.45) is 0 Å². The first-order valence-corrected chi connectivity index (χ1v) is 7.33. The number of benzene rings is 2. The first kappa shape index (κ1) is 14.1. The number of imidazole rings is 1. The highest BCUT2D eigenvalue weighted by atomic mass is 35.5. The summed E-state index contributed by atoms with van der Waals surface area (Å²) in [5.41, 5.74) is 3.28. The van der Waals surface area contributed by atoms with Crippen molar-refractivity contribution in [2.45, 2.75) is 13.0 Å². The van der Waals surface area contributed by atoms with E-state index in [1.54, 1.807) is 7.11 Å². The minimum atomic E-state index is 0.663. The molecule has 2 aromatic carbocycles. The topological polar surface area (TPSA) is 27.1 Å². The number of hydrogen-bond acceptors (Lipinski definition) is 2. The number of fused-ring (bicyclic) bond motifs is 1. The fourth-order valence-corrected chi connectivity index (χ4v) is 2.66. The van der Waals surface area contributed by atoms with Gasteiger partial charge in [-0.1, -0.05) is 41.9 Å². The third-order valence-electron chi connectivity index (χ3n) is 3.51. The van der Waals surface area contributed by atoms with Crippen LogP contribution in [0.4, 0.5) is 0 Å². The number of nitrogens with zero attached hydrogens (tertiary/aromatic N) is 2. The van der Waals surface area contributed by atoms with Crippen LogP contribution in [-0.4, -0.2) is 23.3 Å². The number of methoxy groups -OCH3 is 1. The molecule has 0 aliphatic heterocycles. The van der Waals surface area contributed by atoms with E-state index in [2.05, 4.69) is 16.7 Å². The summed E-state index contributed by atoms with van der Waals surface area (Å²) in [5.74, 6) is 1.04. The highest BCUT2D eigenvalue weighted by Crippen LogP contribution is 2.22. The second-order valence-corrected chi connectivity index (χ2v) is 5.40. The molecule has 0 fully saturated rings. The van der Waals surface area contributed by atoms with Crippen LogP contribution in [0.2, 0.25) is 5.02 Å². The van der Waals surface area contributed by atoms with Crippen LogP contribution in [0.15, 0.2) is 48.5 Å². The number of aromatic nitrogens is 2. The summed E-state index contributed by atoms with van der Waals surface area (Å²) < 4.78 is 7.43. The largest absolute Gasteiger partial charge is 0.383 e. The van der Waals surface area contributed by atoms with Crippen molar-refractivity contribution in [3.8, 4) is 0 Å². The van der Waals surface area contributed by atoms with E-state index < -0.39 is 0 Å². The Balaban J connectivity index is 2.03. The molecule has 0 unspecified atom stereocenters. The Labute approximate surface area is 129 Å². The van der Waals surface area contributed by atoms with E-state index in [0.29, 0.717) is 11.6 Å². The number of ether oxygens (including phenoxy) is 1. The molecule has 0 amide bonds. The fourth-order valence-electron chi connectivity index (χ4n) is 2.50. The van der Waals surface area contributed by atoms with Gasteiger partial charge in [0.15, 0.2) is 0 Å². The Morgan fingerprint density at radius 3 is 2.71 bits per heavy atom. The lowest BCUT2D eigenvalue weighted by molar-refractivity contribution is 0.187. The molecule has 4 heteroatoms. The fraction of sp³-hybridized carbons (Fsp3) is 0.235. The van der Waals surface area contributed by atoms with Gasteiger partial charge in [-0.15, -0.1) is 0 Å².